The van der Waals surface area contributed by atoms with Gasteiger partial charge in [0.25, 0.3) is 0 Å². The molecule has 0 amide bonds. The maximum absolute atomic E-state index is 6.07. The van der Waals surface area contributed by atoms with E-state index < -0.39 is 0 Å². The lowest BCUT2D eigenvalue weighted by Crippen LogP contribution is -2.30. The number of hydrogen-bond acceptors (Lipinski definition) is 5. The van der Waals surface area contributed by atoms with Crippen molar-refractivity contribution in [1.82, 2.24) is 9.88 Å². The summed E-state index contributed by atoms with van der Waals surface area (Å²) in [5.74, 6) is 1.51. The first-order valence-electron chi connectivity index (χ1n) is 9.53. The van der Waals surface area contributed by atoms with Crippen molar-refractivity contribution in [3.8, 4) is 17.2 Å². The van der Waals surface area contributed by atoms with E-state index in [1.165, 1.54) is 5.69 Å². The van der Waals surface area contributed by atoms with Gasteiger partial charge in [-0.3, -0.25) is 4.90 Å². The molecule has 0 saturated carbocycles. The minimum atomic E-state index is 0.618. The molecule has 0 aliphatic carbocycles. The highest BCUT2D eigenvalue weighted by molar-refractivity contribution is 6.30. The number of nitrogens with zero attached hydrogens (tertiary/aromatic N) is 3. The molecule has 6 heteroatoms. The Morgan fingerprint density at radius 2 is 1.93 bits per heavy atom. The zero-order chi connectivity index (χ0) is 19.3. The SMILES string of the molecule is COc1ccc(N2CCCN(Cc3coc(-c4cccc(Cl)c4)n3)CC2)cc1. The van der Waals surface area contributed by atoms with Gasteiger partial charge in [-0.25, -0.2) is 4.98 Å². The first-order valence-corrected chi connectivity index (χ1v) is 9.91. The highest BCUT2D eigenvalue weighted by atomic mass is 35.5. The van der Waals surface area contributed by atoms with Crippen LogP contribution < -0.4 is 9.64 Å². The summed E-state index contributed by atoms with van der Waals surface area (Å²) in [6, 6.07) is 15.9. The fourth-order valence-electron chi connectivity index (χ4n) is 3.54. The summed E-state index contributed by atoms with van der Waals surface area (Å²) in [4.78, 5) is 9.51. The second-order valence-corrected chi connectivity index (χ2v) is 7.41. The quantitative estimate of drug-likeness (QED) is 0.623. The van der Waals surface area contributed by atoms with Crippen LogP contribution in [0.5, 0.6) is 5.75 Å². The number of methoxy groups -OCH3 is 1. The molecule has 0 N–H and O–H groups in total. The molecule has 0 bridgehead atoms. The number of rotatable bonds is 5. The van der Waals surface area contributed by atoms with E-state index in [2.05, 4.69) is 26.9 Å². The van der Waals surface area contributed by atoms with Crippen LogP contribution in [-0.4, -0.2) is 43.2 Å². The van der Waals surface area contributed by atoms with Crippen LogP contribution in [0, 0.1) is 0 Å². The maximum Gasteiger partial charge on any atom is 0.226 e. The topological polar surface area (TPSA) is 41.7 Å². The van der Waals surface area contributed by atoms with Gasteiger partial charge in [0.1, 0.15) is 12.0 Å². The first kappa shape index (κ1) is 18.8. The van der Waals surface area contributed by atoms with Crippen LogP contribution in [-0.2, 0) is 6.54 Å². The molecule has 0 atom stereocenters. The van der Waals surface area contributed by atoms with Crippen molar-refractivity contribution in [2.75, 3.05) is 38.2 Å². The molecule has 1 aliphatic rings. The summed E-state index contributed by atoms with van der Waals surface area (Å²) in [7, 11) is 1.69. The van der Waals surface area contributed by atoms with Gasteiger partial charge in [-0.05, 0) is 48.9 Å². The molecule has 0 radical (unpaired) electrons. The average molecular weight is 398 g/mol. The average Bonchev–Trinajstić information content (AvgIpc) is 3.06. The predicted molar refractivity (Wildman–Crippen MR) is 112 cm³/mol. The largest absolute Gasteiger partial charge is 0.497 e. The van der Waals surface area contributed by atoms with Crippen molar-refractivity contribution < 1.29 is 9.15 Å². The fraction of sp³-hybridized carbons (Fsp3) is 0.318. The lowest BCUT2D eigenvalue weighted by atomic mass is 10.2. The summed E-state index contributed by atoms with van der Waals surface area (Å²) in [5.41, 5.74) is 3.10. The Morgan fingerprint density at radius 1 is 1.07 bits per heavy atom. The molecule has 1 aliphatic heterocycles. The van der Waals surface area contributed by atoms with Crippen LogP contribution in [0.4, 0.5) is 5.69 Å². The summed E-state index contributed by atoms with van der Waals surface area (Å²) in [6.45, 7) is 4.87. The molecule has 0 spiro atoms. The van der Waals surface area contributed by atoms with Gasteiger partial charge in [0.15, 0.2) is 0 Å². The Labute approximate surface area is 170 Å². The number of hydrogen-bond donors (Lipinski definition) is 0. The van der Waals surface area contributed by atoms with Gasteiger partial charge in [-0.1, -0.05) is 17.7 Å². The number of ether oxygens (including phenoxy) is 1. The second-order valence-electron chi connectivity index (χ2n) is 6.97. The minimum absolute atomic E-state index is 0.618. The van der Waals surface area contributed by atoms with E-state index in [9.17, 15) is 0 Å². The number of aromatic nitrogens is 1. The van der Waals surface area contributed by atoms with Crippen LogP contribution in [0.1, 0.15) is 12.1 Å². The molecular formula is C22H24ClN3O2. The Kier molecular flexibility index (Phi) is 5.84. The number of oxazole rings is 1. The molecule has 28 heavy (non-hydrogen) atoms. The normalized spacial score (nSPS) is 15.4. The molecular weight excluding hydrogens is 374 g/mol. The zero-order valence-corrected chi connectivity index (χ0v) is 16.7. The summed E-state index contributed by atoms with van der Waals surface area (Å²) < 4.78 is 10.9. The smallest absolute Gasteiger partial charge is 0.226 e. The van der Waals surface area contributed by atoms with E-state index in [1.54, 1.807) is 13.4 Å². The highest BCUT2D eigenvalue weighted by Gasteiger charge is 2.17. The summed E-state index contributed by atoms with van der Waals surface area (Å²) >= 11 is 6.07. The van der Waals surface area contributed by atoms with Crippen LogP contribution >= 0.6 is 11.6 Å². The molecule has 1 aromatic heterocycles. The van der Waals surface area contributed by atoms with E-state index in [4.69, 9.17) is 20.8 Å². The van der Waals surface area contributed by atoms with Crippen LogP contribution in [0.15, 0.2) is 59.2 Å². The Hall–Kier alpha value is -2.50. The van der Waals surface area contributed by atoms with Gasteiger partial charge < -0.3 is 14.1 Å². The maximum atomic E-state index is 6.07. The van der Waals surface area contributed by atoms with Gasteiger partial charge in [-0.15, -0.1) is 0 Å². The standard InChI is InChI=1S/C22H24ClN3O2/c1-27-21-8-6-20(7-9-21)26-11-3-10-25(12-13-26)15-19-16-28-22(24-19)17-4-2-5-18(23)14-17/h2,4-9,14,16H,3,10-13,15H2,1H3. The monoisotopic (exact) mass is 397 g/mol. The van der Waals surface area contributed by atoms with Crippen LogP contribution in [0.3, 0.4) is 0 Å². The fourth-order valence-corrected chi connectivity index (χ4v) is 3.73. The van der Waals surface area contributed by atoms with Gasteiger partial charge in [-0.2, -0.15) is 0 Å². The minimum Gasteiger partial charge on any atom is -0.497 e. The second kappa shape index (κ2) is 8.67. The van der Waals surface area contributed by atoms with E-state index in [1.807, 2.05) is 36.4 Å². The Bertz CT molecular complexity index is 910. The summed E-state index contributed by atoms with van der Waals surface area (Å²) in [5, 5.41) is 0.684. The van der Waals surface area contributed by atoms with E-state index in [0.29, 0.717) is 10.9 Å². The lowest BCUT2D eigenvalue weighted by molar-refractivity contribution is 0.282. The Balaban J connectivity index is 1.37. The molecule has 4 rings (SSSR count). The van der Waals surface area contributed by atoms with Gasteiger partial charge >= 0.3 is 0 Å². The number of benzene rings is 2. The van der Waals surface area contributed by atoms with E-state index in [-0.39, 0.29) is 0 Å². The molecule has 146 valence electrons. The van der Waals surface area contributed by atoms with E-state index >= 15 is 0 Å². The third-order valence-corrected chi connectivity index (χ3v) is 5.27. The first-order chi connectivity index (χ1) is 13.7. The number of halogens is 1. The van der Waals surface area contributed by atoms with E-state index in [0.717, 1.165) is 56.2 Å². The zero-order valence-electron chi connectivity index (χ0n) is 16.0. The van der Waals surface area contributed by atoms with Crippen molar-refractivity contribution in [3.05, 3.63) is 65.5 Å². The molecule has 5 nitrogen and oxygen atoms in total. The molecule has 0 unspecified atom stereocenters. The van der Waals surface area contributed by atoms with Crippen molar-refractivity contribution in [2.45, 2.75) is 13.0 Å². The molecule has 2 heterocycles. The van der Waals surface area contributed by atoms with Gasteiger partial charge in [0.2, 0.25) is 5.89 Å². The third kappa shape index (κ3) is 4.49. The Morgan fingerprint density at radius 3 is 2.71 bits per heavy atom. The van der Waals surface area contributed by atoms with Gasteiger partial charge in [0, 0.05) is 49.0 Å². The van der Waals surface area contributed by atoms with Crippen molar-refractivity contribution in [2.24, 2.45) is 0 Å². The lowest BCUT2D eigenvalue weighted by Gasteiger charge is -2.23. The van der Waals surface area contributed by atoms with Crippen LogP contribution in [0.25, 0.3) is 11.5 Å². The predicted octanol–water partition coefficient (Wildman–Crippen LogP) is 4.72. The number of anilines is 1. The molecule has 2 aromatic carbocycles. The molecule has 1 fully saturated rings. The van der Waals surface area contributed by atoms with Crippen molar-refractivity contribution in [1.29, 1.82) is 0 Å². The summed E-state index contributed by atoms with van der Waals surface area (Å²) in [6.07, 6.45) is 2.87. The van der Waals surface area contributed by atoms with Crippen LogP contribution in [0.2, 0.25) is 5.02 Å². The van der Waals surface area contributed by atoms with Crippen molar-refractivity contribution >= 4 is 17.3 Å². The molecule has 3 aromatic rings. The van der Waals surface area contributed by atoms with Crippen molar-refractivity contribution in [3.63, 3.8) is 0 Å². The molecule has 1 saturated heterocycles. The van der Waals surface area contributed by atoms with Gasteiger partial charge in [0.05, 0.1) is 12.8 Å². The third-order valence-electron chi connectivity index (χ3n) is 5.04. The highest BCUT2D eigenvalue weighted by Crippen LogP contribution is 2.24.